The summed E-state index contributed by atoms with van der Waals surface area (Å²) in [6.07, 6.45) is 0. The van der Waals surface area contributed by atoms with Gasteiger partial charge in [-0.1, -0.05) is 158 Å². The molecular formula is C50H32N4O. The summed E-state index contributed by atoms with van der Waals surface area (Å²) < 4.78 is 6.51. The number of rotatable bonds is 7. The molecule has 258 valence electrons. The third kappa shape index (κ3) is 6.14. The first-order valence-corrected chi connectivity index (χ1v) is 18.3. The standard InChI is InChI=1S/C50H32N4O/c1-5-15-33(16-6-1)38-27-29-42(43(32-38)34-17-7-2-8-18-34)49-53-47(36-19-9-3-10-20-36)52-48(54-49)40-25-13-24-39(31-40)41-26-14-23-35-28-30-44-46(45(35)41)55-50(51-44)37-21-11-4-12-22-37/h1-32H. The van der Waals surface area contributed by atoms with Crippen molar-refractivity contribution in [2.45, 2.75) is 0 Å². The molecule has 0 N–H and O–H groups in total. The molecule has 5 heteroatoms. The lowest BCUT2D eigenvalue weighted by atomic mass is 9.94. The van der Waals surface area contributed by atoms with Crippen LogP contribution in [0.2, 0.25) is 0 Å². The van der Waals surface area contributed by atoms with Gasteiger partial charge in [-0.25, -0.2) is 19.9 Å². The van der Waals surface area contributed by atoms with Crippen molar-refractivity contribution in [2.75, 3.05) is 0 Å². The highest BCUT2D eigenvalue weighted by molar-refractivity contribution is 6.11. The van der Waals surface area contributed by atoms with E-state index in [1.54, 1.807) is 0 Å². The van der Waals surface area contributed by atoms with E-state index in [1.165, 1.54) is 0 Å². The fraction of sp³-hybridized carbons (Fsp3) is 0. The van der Waals surface area contributed by atoms with E-state index in [4.69, 9.17) is 24.4 Å². The molecule has 2 heterocycles. The van der Waals surface area contributed by atoms with E-state index >= 15 is 0 Å². The van der Waals surface area contributed by atoms with Gasteiger partial charge >= 0.3 is 0 Å². The lowest BCUT2D eigenvalue weighted by Crippen LogP contribution is -2.01. The Labute approximate surface area is 318 Å². The van der Waals surface area contributed by atoms with Crippen molar-refractivity contribution in [3.8, 4) is 79.0 Å². The molecule has 8 aromatic carbocycles. The van der Waals surface area contributed by atoms with Crippen LogP contribution in [0.15, 0.2) is 199 Å². The summed E-state index contributed by atoms with van der Waals surface area (Å²) in [6, 6.07) is 66.4. The van der Waals surface area contributed by atoms with Crippen molar-refractivity contribution < 1.29 is 4.42 Å². The molecule has 0 saturated carbocycles. The van der Waals surface area contributed by atoms with E-state index in [-0.39, 0.29) is 0 Å². The van der Waals surface area contributed by atoms with E-state index in [2.05, 4.69) is 115 Å². The molecule has 0 saturated heterocycles. The Bertz CT molecular complexity index is 2960. The Morgan fingerprint density at radius 3 is 1.62 bits per heavy atom. The lowest BCUT2D eigenvalue weighted by Gasteiger charge is -2.14. The van der Waals surface area contributed by atoms with Crippen LogP contribution in [0, 0.1) is 0 Å². The van der Waals surface area contributed by atoms with Crippen LogP contribution in [0.5, 0.6) is 0 Å². The Kier molecular flexibility index (Phi) is 8.08. The zero-order valence-corrected chi connectivity index (χ0v) is 29.7. The fourth-order valence-electron chi connectivity index (χ4n) is 7.27. The van der Waals surface area contributed by atoms with Gasteiger partial charge in [0, 0.05) is 27.6 Å². The third-order valence-electron chi connectivity index (χ3n) is 9.97. The SMILES string of the molecule is c1ccc(-c2ccc(-c3nc(-c4ccccc4)nc(-c4cccc(-c5cccc6ccc7nc(-c8ccccc8)oc7c56)c4)n3)c(-c3ccccc3)c2)cc1. The third-order valence-corrected chi connectivity index (χ3v) is 9.97. The molecule has 0 unspecified atom stereocenters. The van der Waals surface area contributed by atoms with E-state index in [9.17, 15) is 0 Å². The number of hydrogen-bond acceptors (Lipinski definition) is 5. The maximum atomic E-state index is 6.51. The van der Waals surface area contributed by atoms with Crippen LogP contribution >= 0.6 is 0 Å². The second kappa shape index (κ2) is 13.8. The van der Waals surface area contributed by atoms with Gasteiger partial charge in [-0.2, -0.15) is 0 Å². The number of fused-ring (bicyclic) bond motifs is 3. The first-order chi connectivity index (χ1) is 27.2. The summed E-state index contributed by atoms with van der Waals surface area (Å²) in [6.45, 7) is 0. The average molecular weight is 705 g/mol. The molecule has 0 aliphatic rings. The number of aromatic nitrogens is 4. The maximum absolute atomic E-state index is 6.51. The van der Waals surface area contributed by atoms with Gasteiger partial charge in [-0.15, -0.1) is 0 Å². The minimum absolute atomic E-state index is 0.591. The molecule has 0 aliphatic carbocycles. The Morgan fingerprint density at radius 1 is 0.309 bits per heavy atom. The van der Waals surface area contributed by atoms with Crippen LogP contribution < -0.4 is 0 Å². The average Bonchev–Trinajstić information content (AvgIpc) is 3.72. The quantitative estimate of drug-likeness (QED) is 0.165. The molecular weight excluding hydrogens is 673 g/mol. The fourth-order valence-corrected chi connectivity index (χ4v) is 7.27. The van der Waals surface area contributed by atoms with E-state index in [0.717, 1.165) is 77.5 Å². The largest absolute Gasteiger partial charge is 0.435 e. The van der Waals surface area contributed by atoms with Gasteiger partial charge in [0.05, 0.1) is 0 Å². The van der Waals surface area contributed by atoms with Crippen molar-refractivity contribution in [2.24, 2.45) is 0 Å². The zero-order valence-electron chi connectivity index (χ0n) is 29.7. The summed E-state index contributed by atoms with van der Waals surface area (Å²) in [4.78, 5) is 20.3. The van der Waals surface area contributed by atoms with E-state index in [0.29, 0.717) is 23.4 Å². The van der Waals surface area contributed by atoms with Crippen LogP contribution in [0.25, 0.3) is 101 Å². The smallest absolute Gasteiger partial charge is 0.227 e. The highest BCUT2D eigenvalue weighted by atomic mass is 16.3. The summed E-state index contributed by atoms with van der Waals surface area (Å²) in [5.41, 5.74) is 11.7. The molecule has 0 bridgehead atoms. The van der Waals surface area contributed by atoms with Crippen molar-refractivity contribution in [1.82, 2.24) is 19.9 Å². The van der Waals surface area contributed by atoms with Crippen molar-refractivity contribution in [1.29, 1.82) is 0 Å². The first-order valence-electron chi connectivity index (χ1n) is 18.3. The summed E-state index contributed by atoms with van der Waals surface area (Å²) >= 11 is 0. The van der Waals surface area contributed by atoms with Crippen LogP contribution in [-0.4, -0.2) is 19.9 Å². The number of benzene rings is 8. The Balaban J connectivity index is 1.14. The van der Waals surface area contributed by atoms with Crippen LogP contribution in [0.1, 0.15) is 0 Å². The van der Waals surface area contributed by atoms with Crippen LogP contribution in [0.4, 0.5) is 0 Å². The van der Waals surface area contributed by atoms with Crippen molar-refractivity contribution in [3.63, 3.8) is 0 Å². The van der Waals surface area contributed by atoms with Gasteiger partial charge in [0.15, 0.2) is 23.1 Å². The van der Waals surface area contributed by atoms with Gasteiger partial charge < -0.3 is 4.42 Å². The lowest BCUT2D eigenvalue weighted by molar-refractivity contribution is 0.623. The Hall–Kier alpha value is -7.50. The van der Waals surface area contributed by atoms with Gasteiger partial charge in [0.1, 0.15) is 5.52 Å². The molecule has 5 nitrogen and oxygen atoms in total. The highest BCUT2D eigenvalue weighted by Gasteiger charge is 2.19. The van der Waals surface area contributed by atoms with Crippen LogP contribution in [0.3, 0.4) is 0 Å². The highest BCUT2D eigenvalue weighted by Crippen LogP contribution is 2.39. The summed E-state index contributed by atoms with van der Waals surface area (Å²) in [7, 11) is 0. The second-order valence-corrected chi connectivity index (χ2v) is 13.4. The summed E-state index contributed by atoms with van der Waals surface area (Å²) in [5.74, 6) is 2.41. The molecule has 10 aromatic rings. The molecule has 0 atom stereocenters. The summed E-state index contributed by atoms with van der Waals surface area (Å²) in [5, 5.41) is 2.09. The van der Waals surface area contributed by atoms with E-state index in [1.807, 2.05) is 78.9 Å². The molecule has 10 rings (SSSR count). The molecule has 0 aliphatic heterocycles. The molecule has 0 fully saturated rings. The van der Waals surface area contributed by atoms with Gasteiger partial charge in [0.2, 0.25) is 5.89 Å². The molecule has 55 heavy (non-hydrogen) atoms. The number of nitrogens with zero attached hydrogens (tertiary/aromatic N) is 4. The number of hydrogen-bond donors (Lipinski definition) is 0. The van der Waals surface area contributed by atoms with Gasteiger partial charge in [0.25, 0.3) is 0 Å². The topological polar surface area (TPSA) is 64.7 Å². The van der Waals surface area contributed by atoms with Gasteiger partial charge in [-0.3, -0.25) is 0 Å². The monoisotopic (exact) mass is 704 g/mol. The minimum atomic E-state index is 0.591. The van der Waals surface area contributed by atoms with Crippen LogP contribution in [-0.2, 0) is 0 Å². The van der Waals surface area contributed by atoms with Crippen molar-refractivity contribution in [3.05, 3.63) is 194 Å². The second-order valence-electron chi connectivity index (χ2n) is 13.4. The predicted octanol–water partition coefficient (Wildman–Crippen LogP) is 12.8. The molecule has 2 aromatic heterocycles. The van der Waals surface area contributed by atoms with Crippen molar-refractivity contribution >= 4 is 21.9 Å². The zero-order chi connectivity index (χ0) is 36.6. The van der Waals surface area contributed by atoms with E-state index < -0.39 is 0 Å². The maximum Gasteiger partial charge on any atom is 0.227 e. The minimum Gasteiger partial charge on any atom is -0.435 e. The van der Waals surface area contributed by atoms with Gasteiger partial charge in [-0.05, 0) is 75.2 Å². The Morgan fingerprint density at radius 2 is 0.891 bits per heavy atom. The number of oxazole rings is 1. The molecule has 0 amide bonds. The normalized spacial score (nSPS) is 11.3. The predicted molar refractivity (Wildman–Crippen MR) is 223 cm³/mol. The first kappa shape index (κ1) is 32.2. The molecule has 0 radical (unpaired) electrons. The molecule has 0 spiro atoms.